The predicted octanol–water partition coefficient (Wildman–Crippen LogP) is 6.20. The van der Waals surface area contributed by atoms with Crippen molar-refractivity contribution in [2.45, 2.75) is 39.0 Å². The molecule has 40 heavy (non-hydrogen) atoms. The maximum absolute atomic E-state index is 13.3. The lowest BCUT2D eigenvalue weighted by Crippen LogP contribution is -2.38. The van der Waals surface area contributed by atoms with Gasteiger partial charge in [0.1, 0.15) is 0 Å². The van der Waals surface area contributed by atoms with Gasteiger partial charge in [-0.25, -0.2) is 4.79 Å². The molecule has 208 valence electrons. The molecule has 1 aliphatic carbocycles. The first-order valence-electron chi connectivity index (χ1n) is 14.0. The Hall–Kier alpha value is -3.65. The third-order valence-corrected chi connectivity index (χ3v) is 9.24. The smallest absolute Gasteiger partial charge is 0.399 e. The van der Waals surface area contributed by atoms with E-state index >= 15 is 0 Å². The van der Waals surface area contributed by atoms with Gasteiger partial charge in [-0.2, -0.15) is 0 Å². The van der Waals surface area contributed by atoms with Crippen molar-refractivity contribution in [2.75, 3.05) is 36.0 Å². The molecule has 3 amide bonds. The number of likely N-dealkylation sites (tertiary alicyclic amines) is 1. The Morgan fingerprint density at radius 3 is 2.27 bits per heavy atom. The normalized spacial score (nSPS) is 21.9. The molecule has 2 aromatic carbocycles. The Morgan fingerprint density at radius 1 is 1.00 bits per heavy atom. The van der Waals surface area contributed by atoms with E-state index in [9.17, 15) is 14.4 Å². The lowest BCUT2D eigenvalue weighted by molar-refractivity contribution is -0.117. The fourth-order valence-electron chi connectivity index (χ4n) is 6.07. The number of hydrogen-bond donors (Lipinski definition) is 0. The molecule has 2 unspecified atom stereocenters. The van der Waals surface area contributed by atoms with Crippen LogP contribution in [0.1, 0.15) is 49.5 Å². The second-order valence-electron chi connectivity index (χ2n) is 12.1. The van der Waals surface area contributed by atoms with Gasteiger partial charge in [0.2, 0.25) is 5.91 Å². The highest BCUT2D eigenvalue weighted by molar-refractivity contribution is 7.11. The summed E-state index contributed by atoms with van der Waals surface area (Å²) in [6.07, 6.45) is 1.03. The number of piperidine rings is 1. The molecule has 8 heteroatoms. The quantitative estimate of drug-likeness (QED) is 0.362. The third-order valence-electron chi connectivity index (χ3n) is 8.50. The van der Waals surface area contributed by atoms with E-state index in [2.05, 4.69) is 32.9 Å². The molecule has 0 radical (unpaired) electrons. The molecule has 2 atom stereocenters. The molecule has 3 heterocycles. The molecule has 0 N–H and O–H groups in total. The standard InChI is InChI=1S/C32H35N3O4S/c1-32(2,3)22-10-8-21(9-11-22)30(37)33-18-25-26(19-33)27(25)20-35(31(38)39-29-7-5-17-40-29)24-14-12-23(13-15-24)34-16-4-6-28(34)36/h5,7-15,17,25-27H,4,6,16,18-20H2,1-3H3. The average molecular weight is 558 g/mol. The first-order chi connectivity index (χ1) is 19.2. The summed E-state index contributed by atoms with van der Waals surface area (Å²) in [4.78, 5) is 44.1. The highest BCUT2D eigenvalue weighted by Gasteiger charge is 2.57. The number of hydrogen-bond acceptors (Lipinski definition) is 5. The molecule has 7 nitrogen and oxygen atoms in total. The molecule has 2 aliphatic heterocycles. The van der Waals surface area contributed by atoms with E-state index in [1.807, 2.05) is 52.7 Å². The van der Waals surface area contributed by atoms with E-state index in [-0.39, 0.29) is 17.2 Å². The second-order valence-corrected chi connectivity index (χ2v) is 13.0. The number of amides is 3. The van der Waals surface area contributed by atoms with Crippen LogP contribution in [0, 0.1) is 17.8 Å². The minimum absolute atomic E-state index is 0.0481. The number of nitrogens with zero attached hydrogens (tertiary/aromatic N) is 3. The number of carbonyl (C=O) groups excluding carboxylic acids is 3. The van der Waals surface area contributed by atoms with Crippen molar-refractivity contribution in [3.05, 3.63) is 77.2 Å². The molecular weight excluding hydrogens is 522 g/mol. The zero-order chi connectivity index (χ0) is 28.0. The van der Waals surface area contributed by atoms with Gasteiger partial charge in [0, 0.05) is 49.5 Å². The topological polar surface area (TPSA) is 70.2 Å². The number of ether oxygens (including phenoxy) is 1. The first-order valence-corrected chi connectivity index (χ1v) is 14.9. The van der Waals surface area contributed by atoms with E-state index in [4.69, 9.17) is 4.74 Å². The summed E-state index contributed by atoms with van der Waals surface area (Å²) >= 11 is 1.38. The van der Waals surface area contributed by atoms with Gasteiger partial charge in [-0.05, 0) is 89.1 Å². The molecule has 3 fully saturated rings. The van der Waals surface area contributed by atoms with Crippen LogP contribution in [-0.2, 0) is 10.2 Å². The lowest BCUT2D eigenvalue weighted by Gasteiger charge is -2.26. The van der Waals surface area contributed by atoms with Crippen molar-refractivity contribution in [2.24, 2.45) is 17.8 Å². The molecule has 6 rings (SSSR count). The van der Waals surface area contributed by atoms with E-state index in [0.29, 0.717) is 48.9 Å². The summed E-state index contributed by atoms with van der Waals surface area (Å²) in [7, 11) is 0. The van der Waals surface area contributed by atoms with E-state index in [0.717, 1.165) is 29.9 Å². The van der Waals surface area contributed by atoms with Gasteiger partial charge in [0.15, 0.2) is 5.06 Å². The van der Waals surface area contributed by atoms with Crippen LogP contribution in [0.25, 0.3) is 0 Å². The summed E-state index contributed by atoms with van der Waals surface area (Å²) in [5.74, 6) is 1.26. The van der Waals surface area contributed by atoms with E-state index in [1.54, 1.807) is 15.9 Å². The van der Waals surface area contributed by atoms with Crippen molar-refractivity contribution in [1.29, 1.82) is 0 Å². The van der Waals surface area contributed by atoms with Crippen LogP contribution >= 0.6 is 11.3 Å². The van der Waals surface area contributed by atoms with Crippen LogP contribution < -0.4 is 14.5 Å². The SMILES string of the molecule is CC(C)(C)c1ccc(C(=O)N2CC3C(C2)C3CN(C(=O)Oc2cccs2)c2ccc(N3CCCC3=O)cc2)cc1. The number of fused-ring (bicyclic) bond motifs is 1. The van der Waals surface area contributed by atoms with E-state index in [1.165, 1.54) is 16.9 Å². The Kier molecular flexibility index (Phi) is 6.90. The molecule has 3 aromatic rings. The van der Waals surface area contributed by atoms with Crippen LogP contribution in [0.3, 0.4) is 0 Å². The second kappa shape index (κ2) is 10.4. The van der Waals surface area contributed by atoms with Crippen molar-refractivity contribution in [3.63, 3.8) is 0 Å². The summed E-state index contributed by atoms with van der Waals surface area (Å²) in [5.41, 5.74) is 3.58. The Labute approximate surface area is 239 Å². The van der Waals surface area contributed by atoms with Crippen molar-refractivity contribution in [1.82, 2.24) is 4.90 Å². The predicted molar refractivity (Wildman–Crippen MR) is 157 cm³/mol. The van der Waals surface area contributed by atoms with E-state index < -0.39 is 6.09 Å². The van der Waals surface area contributed by atoms with Crippen LogP contribution in [0.2, 0.25) is 0 Å². The van der Waals surface area contributed by atoms with Gasteiger partial charge in [-0.15, -0.1) is 11.3 Å². The molecule has 0 spiro atoms. The third kappa shape index (κ3) is 5.24. The fourth-order valence-corrected chi connectivity index (χ4v) is 6.64. The minimum atomic E-state index is -0.413. The van der Waals surface area contributed by atoms with Gasteiger partial charge in [-0.1, -0.05) is 32.9 Å². The van der Waals surface area contributed by atoms with Gasteiger partial charge >= 0.3 is 6.09 Å². The molecule has 2 saturated heterocycles. The van der Waals surface area contributed by atoms with Gasteiger partial charge in [0.25, 0.3) is 5.91 Å². The van der Waals surface area contributed by atoms with Crippen molar-refractivity contribution >= 4 is 40.6 Å². The number of thiophene rings is 1. The van der Waals surface area contributed by atoms with Crippen LogP contribution in [0.4, 0.5) is 16.2 Å². The Balaban J connectivity index is 1.13. The maximum Gasteiger partial charge on any atom is 0.420 e. The molecular formula is C32H35N3O4S. The van der Waals surface area contributed by atoms with Crippen LogP contribution in [0.5, 0.6) is 5.06 Å². The first kappa shape index (κ1) is 26.6. The number of benzene rings is 2. The molecule has 3 aliphatic rings. The zero-order valence-electron chi connectivity index (χ0n) is 23.2. The molecule has 0 bridgehead atoms. The largest absolute Gasteiger partial charge is 0.420 e. The zero-order valence-corrected chi connectivity index (χ0v) is 24.0. The van der Waals surface area contributed by atoms with Gasteiger partial charge in [-0.3, -0.25) is 14.5 Å². The van der Waals surface area contributed by atoms with Crippen molar-refractivity contribution in [3.8, 4) is 5.06 Å². The number of rotatable bonds is 6. The summed E-state index contributed by atoms with van der Waals surface area (Å²) < 4.78 is 5.70. The number of anilines is 2. The Morgan fingerprint density at radius 2 is 1.70 bits per heavy atom. The van der Waals surface area contributed by atoms with Crippen LogP contribution in [0.15, 0.2) is 66.0 Å². The highest BCUT2D eigenvalue weighted by Crippen LogP contribution is 2.52. The van der Waals surface area contributed by atoms with Gasteiger partial charge < -0.3 is 14.5 Å². The highest BCUT2D eigenvalue weighted by atomic mass is 32.1. The summed E-state index contributed by atoms with van der Waals surface area (Å²) in [6.45, 7) is 9.17. The maximum atomic E-state index is 13.3. The lowest BCUT2D eigenvalue weighted by atomic mass is 9.86. The monoisotopic (exact) mass is 557 g/mol. The summed E-state index contributed by atoms with van der Waals surface area (Å²) in [6, 6.07) is 19.2. The average Bonchev–Trinajstić information content (AvgIpc) is 3.44. The van der Waals surface area contributed by atoms with Crippen LogP contribution in [-0.4, -0.2) is 49.0 Å². The molecule has 1 saturated carbocycles. The Bertz CT molecular complexity index is 1380. The fraction of sp³-hybridized carbons (Fsp3) is 0.406. The number of carbonyl (C=O) groups is 3. The van der Waals surface area contributed by atoms with Crippen molar-refractivity contribution < 1.29 is 19.1 Å². The molecule has 1 aromatic heterocycles. The van der Waals surface area contributed by atoms with Gasteiger partial charge in [0.05, 0.1) is 0 Å². The minimum Gasteiger partial charge on any atom is -0.399 e. The summed E-state index contributed by atoms with van der Waals surface area (Å²) in [5, 5.41) is 2.43.